The first-order valence-electron chi connectivity index (χ1n) is 6.57. The predicted molar refractivity (Wildman–Crippen MR) is 76.9 cm³/mol. The van der Waals surface area contributed by atoms with E-state index in [4.69, 9.17) is 10.5 Å². The fourth-order valence-electron chi connectivity index (χ4n) is 1.37. The minimum Gasteiger partial charge on any atom is -0.473 e. The van der Waals surface area contributed by atoms with Gasteiger partial charge in [-0.05, 0) is 37.8 Å². The first-order valence-corrected chi connectivity index (χ1v) is 6.57. The van der Waals surface area contributed by atoms with Crippen molar-refractivity contribution in [2.24, 2.45) is 11.8 Å². The van der Waals surface area contributed by atoms with Gasteiger partial charge in [0.1, 0.15) is 5.82 Å². The summed E-state index contributed by atoms with van der Waals surface area (Å²) in [5.41, 5.74) is 6.40. The molecule has 4 heteroatoms. The molecular weight excluding hydrogens is 226 g/mol. The Balaban J connectivity index is 2.67. The fourth-order valence-corrected chi connectivity index (χ4v) is 1.37. The predicted octanol–water partition coefficient (Wildman–Crippen LogP) is 3.16. The number of pyridine rings is 1. The molecule has 3 N–H and O–H groups in total. The first-order chi connectivity index (χ1) is 8.40. The van der Waals surface area contributed by atoms with E-state index >= 15 is 0 Å². The number of hydrogen-bond donors (Lipinski definition) is 2. The van der Waals surface area contributed by atoms with Gasteiger partial charge < -0.3 is 15.8 Å². The number of nitrogens with two attached hydrogens (primary N) is 1. The minimum atomic E-state index is 0.0737. The van der Waals surface area contributed by atoms with Gasteiger partial charge in [-0.25, -0.2) is 0 Å². The second-order valence-electron chi connectivity index (χ2n) is 5.36. The van der Waals surface area contributed by atoms with E-state index in [1.54, 1.807) is 0 Å². The summed E-state index contributed by atoms with van der Waals surface area (Å²) in [5.74, 6) is 2.57. The van der Waals surface area contributed by atoms with Crippen LogP contribution < -0.4 is 15.8 Å². The van der Waals surface area contributed by atoms with Crippen molar-refractivity contribution in [1.29, 1.82) is 0 Å². The van der Waals surface area contributed by atoms with Gasteiger partial charge >= 0.3 is 0 Å². The Kier molecular flexibility index (Phi) is 5.25. The Morgan fingerprint density at radius 3 is 2.44 bits per heavy atom. The van der Waals surface area contributed by atoms with E-state index in [0.29, 0.717) is 23.4 Å². The largest absolute Gasteiger partial charge is 0.473 e. The molecule has 0 radical (unpaired) electrons. The van der Waals surface area contributed by atoms with E-state index in [1.165, 1.54) is 0 Å². The third-order valence-electron chi connectivity index (χ3n) is 2.98. The molecule has 0 aromatic carbocycles. The fraction of sp³-hybridized carbons (Fsp3) is 0.643. The van der Waals surface area contributed by atoms with Gasteiger partial charge in [-0.1, -0.05) is 20.8 Å². The van der Waals surface area contributed by atoms with Crippen LogP contribution in [0.25, 0.3) is 0 Å². The average Bonchev–Trinajstić information content (AvgIpc) is 2.28. The summed E-state index contributed by atoms with van der Waals surface area (Å²) in [6.45, 7) is 11.5. The zero-order valence-electron chi connectivity index (χ0n) is 12.0. The number of nitrogens with one attached hydrogen (secondary N) is 1. The topological polar surface area (TPSA) is 60.2 Å². The van der Waals surface area contributed by atoms with Crippen molar-refractivity contribution in [3.8, 4) is 5.88 Å². The summed E-state index contributed by atoms with van der Waals surface area (Å²) >= 11 is 0. The Bertz CT molecular complexity index is 377. The quantitative estimate of drug-likeness (QED) is 0.815. The molecule has 0 aliphatic heterocycles. The molecule has 0 saturated heterocycles. The molecule has 1 heterocycles. The smallest absolute Gasteiger partial charge is 0.239 e. The van der Waals surface area contributed by atoms with Crippen LogP contribution in [0.5, 0.6) is 5.88 Å². The Morgan fingerprint density at radius 1 is 1.22 bits per heavy atom. The lowest BCUT2D eigenvalue weighted by Gasteiger charge is -2.17. The molecule has 1 rings (SSSR count). The molecule has 18 heavy (non-hydrogen) atoms. The van der Waals surface area contributed by atoms with Gasteiger partial charge in [-0.2, -0.15) is 4.98 Å². The van der Waals surface area contributed by atoms with Crippen LogP contribution in [0.1, 0.15) is 34.6 Å². The normalized spacial score (nSPS) is 12.8. The number of anilines is 2. The third kappa shape index (κ3) is 4.43. The zero-order chi connectivity index (χ0) is 13.7. The standard InChI is InChI=1S/C14H25N3O/c1-9(2)11(5)8-16-13-7-6-12(15)14(17-13)18-10(3)4/h6-7,9-11H,8,15H2,1-5H3,(H,16,17). The molecule has 0 fully saturated rings. The van der Waals surface area contributed by atoms with Gasteiger partial charge in [0, 0.05) is 6.54 Å². The monoisotopic (exact) mass is 251 g/mol. The molecule has 0 saturated carbocycles. The van der Waals surface area contributed by atoms with Gasteiger partial charge in [-0.15, -0.1) is 0 Å². The second kappa shape index (κ2) is 6.47. The highest BCUT2D eigenvalue weighted by molar-refractivity contribution is 5.53. The highest BCUT2D eigenvalue weighted by Crippen LogP contribution is 2.22. The average molecular weight is 251 g/mol. The number of nitrogen functional groups attached to an aromatic ring is 1. The number of hydrogen-bond acceptors (Lipinski definition) is 4. The van der Waals surface area contributed by atoms with Crippen LogP contribution in [0, 0.1) is 11.8 Å². The SMILES string of the molecule is CC(C)Oc1nc(NCC(C)C(C)C)ccc1N. The molecule has 0 spiro atoms. The van der Waals surface area contributed by atoms with Crippen molar-refractivity contribution >= 4 is 11.5 Å². The van der Waals surface area contributed by atoms with Crippen LogP contribution in [0.3, 0.4) is 0 Å². The van der Waals surface area contributed by atoms with Gasteiger partial charge in [0.2, 0.25) is 5.88 Å². The van der Waals surface area contributed by atoms with Crippen molar-refractivity contribution < 1.29 is 4.74 Å². The summed E-state index contributed by atoms with van der Waals surface area (Å²) in [5, 5.41) is 3.32. The zero-order valence-corrected chi connectivity index (χ0v) is 12.0. The maximum absolute atomic E-state index is 5.83. The number of aromatic nitrogens is 1. The summed E-state index contributed by atoms with van der Waals surface area (Å²) in [4.78, 5) is 4.39. The summed E-state index contributed by atoms with van der Waals surface area (Å²) < 4.78 is 5.56. The van der Waals surface area contributed by atoms with Crippen molar-refractivity contribution in [1.82, 2.24) is 4.98 Å². The van der Waals surface area contributed by atoms with E-state index < -0.39 is 0 Å². The van der Waals surface area contributed by atoms with Crippen molar-refractivity contribution in [2.45, 2.75) is 40.7 Å². The van der Waals surface area contributed by atoms with Crippen LogP contribution in [-0.2, 0) is 0 Å². The molecule has 0 bridgehead atoms. The van der Waals surface area contributed by atoms with Crippen molar-refractivity contribution in [3.63, 3.8) is 0 Å². The lowest BCUT2D eigenvalue weighted by Crippen LogP contribution is -2.17. The molecule has 1 aromatic heterocycles. The highest BCUT2D eigenvalue weighted by atomic mass is 16.5. The van der Waals surface area contributed by atoms with Crippen LogP contribution in [0.15, 0.2) is 12.1 Å². The lowest BCUT2D eigenvalue weighted by atomic mass is 9.98. The highest BCUT2D eigenvalue weighted by Gasteiger charge is 2.09. The van der Waals surface area contributed by atoms with Crippen molar-refractivity contribution in [3.05, 3.63) is 12.1 Å². The lowest BCUT2D eigenvalue weighted by molar-refractivity contribution is 0.234. The van der Waals surface area contributed by atoms with Gasteiger partial charge in [0.05, 0.1) is 11.8 Å². The molecule has 102 valence electrons. The van der Waals surface area contributed by atoms with Gasteiger partial charge in [0.15, 0.2) is 0 Å². The molecule has 0 aliphatic rings. The molecule has 1 aromatic rings. The Hall–Kier alpha value is -1.45. The van der Waals surface area contributed by atoms with Crippen molar-refractivity contribution in [2.75, 3.05) is 17.6 Å². The van der Waals surface area contributed by atoms with E-state index in [1.807, 2.05) is 26.0 Å². The molecule has 1 atom stereocenters. The van der Waals surface area contributed by atoms with E-state index in [9.17, 15) is 0 Å². The third-order valence-corrected chi connectivity index (χ3v) is 2.98. The molecular formula is C14H25N3O. The van der Waals surface area contributed by atoms with E-state index in [2.05, 4.69) is 31.1 Å². The van der Waals surface area contributed by atoms with Crippen LogP contribution in [0.4, 0.5) is 11.5 Å². The molecule has 0 amide bonds. The number of nitrogens with zero attached hydrogens (tertiary/aromatic N) is 1. The summed E-state index contributed by atoms with van der Waals surface area (Å²) in [6.07, 6.45) is 0.0737. The number of ether oxygens (including phenoxy) is 1. The molecule has 1 unspecified atom stereocenters. The van der Waals surface area contributed by atoms with Crippen LogP contribution in [-0.4, -0.2) is 17.6 Å². The van der Waals surface area contributed by atoms with E-state index in [-0.39, 0.29) is 6.10 Å². The molecule has 4 nitrogen and oxygen atoms in total. The summed E-state index contributed by atoms with van der Waals surface area (Å²) in [7, 11) is 0. The molecule has 0 aliphatic carbocycles. The number of rotatable bonds is 6. The Morgan fingerprint density at radius 2 is 1.89 bits per heavy atom. The van der Waals surface area contributed by atoms with Crippen LogP contribution in [0.2, 0.25) is 0 Å². The van der Waals surface area contributed by atoms with Gasteiger partial charge in [-0.3, -0.25) is 0 Å². The first kappa shape index (κ1) is 14.6. The van der Waals surface area contributed by atoms with Crippen LogP contribution >= 0.6 is 0 Å². The van der Waals surface area contributed by atoms with E-state index in [0.717, 1.165) is 12.4 Å². The summed E-state index contributed by atoms with van der Waals surface area (Å²) in [6, 6.07) is 3.71. The second-order valence-corrected chi connectivity index (χ2v) is 5.36. The minimum absolute atomic E-state index is 0.0737. The maximum Gasteiger partial charge on any atom is 0.239 e. The Labute approximate surface area is 110 Å². The van der Waals surface area contributed by atoms with Gasteiger partial charge in [0.25, 0.3) is 0 Å². The maximum atomic E-state index is 5.83.